The minimum atomic E-state index is -0.162. The zero-order valence-corrected chi connectivity index (χ0v) is 23.8. The fourth-order valence-corrected chi connectivity index (χ4v) is 6.26. The van der Waals surface area contributed by atoms with Gasteiger partial charge in [-0.15, -0.1) is 0 Å². The molecule has 0 bridgehead atoms. The maximum atomic E-state index is 14.4. The SMILES string of the molecule is COc1ccccc1NC(=O)CC[C@H]1CN(Cc2ccc(Cl)cc2)CC[C@H]1N1CCN(c2ccccc2F)CC1. The molecule has 0 aliphatic carbocycles. The van der Waals surface area contributed by atoms with E-state index in [0.29, 0.717) is 35.5 Å². The highest BCUT2D eigenvalue weighted by Crippen LogP contribution is 2.30. The molecule has 2 saturated heterocycles. The summed E-state index contributed by atoms with van der Waals surface area (Å²) < 4.78 is 19.8. The number of amides is 1. The van der Waals surface area contributed by atoms with Crippen LogP contribution in [0.15, 0.2) is 72.8 Å². The van der Waals surface area contributed by atoms with Gasteiger partial charge in [0.15, 0.2) is 0 Å². The second-order valence-electron chi connectivity index (χ2n) is 10.7. The Kier molecular flexibility index (Phi) is 9.57. The molecular formula is C32H38ClFN4O2. The van der Waals surface area contributed by atoms with Crippen LogP contribution < -0.4 is 15.0 Å². The molecule has 0 spiro atoms. The number of rotatable bonds is 9. The van der Waals surface area contributed by atoms with Crippen molar-refractivity contribution in [1.82, 2.24) is 9.80 Å². The largest absolute Gasteiger partial charge is 0.495 e. The molecule has 0 saturated carbocycles. The molecule has 2 heterocycles. The Hall–Kier alpha value is -3.13. The summed E-state index contributed by atoms with van der Waals surface area (Å²) in [4.78, 5) is 20.2. The van der Waals surface area contributed by atoms with Crippen LogP contribution in [0.2, 0.25) is 5.02 Å². The summed E-state index contributed by atoms with van der Waals surface area (Å²) >= 11 is 6.10. The Balaban J connectivity index is 1.23. The predicted octanol–water partition coefficient (Wildman–Crippen LogP) is 5.92. The van der Waals surface area contributed by atoms with E-state index in [4.69, 9.17) is 16.3 Å². The number of hydrogen-bond donors (Lipinski definition) is 1. The van der Waals surface area contributed by atoms with Gasteiger partial charge in [0.2, 0.25) is 5.91 Å². The van der Waals surface area contributed by atoms with Crippen molar-refractivity contribution in [2.45, 2.75) is 31.8 Å². The van der Waals surface area contributed by atoms with E-state index in [1.165, 1.54) is 11.6 Å². The Labute approximate surface area is 241 Å². The van der Waals surface area contributed by atoms with Crippen molar-refractivity contribution in [2.75, 3.05) is 56.6 Å². The van der Waals surface area contributed by atoms with Crippen molar-refractivity contribution in [3.63, 3.8) is 0 Å². The first kappa shape index (κ1) is 28.4. The van der Waals surface area contributed by atoms with Crippen LogP contribution in [0.25, 0.3) is 0 Å². The number of hydrogen-bond acceptors (Lipinski definition) is 5. The van der Waals surface area contributed by atoms with Crippen LogP contribution in [0.4, 0.5) is 15.8 Å². The molecule has 2 aliphatic heterocycles. The van der Waals surface area contributed by atoms with Crippen LogP contribution in [-0.2, 0) is 11.3 Å². The lowest BCUT2D eigenvalue weighted by atomic mass is 9.86. The number of halogens is 2. The molecule has 3 aromatic rings. The van der Waals surface area contributed by atoms with Crippen LogP contribution in [0.1, 0.15) is 24.8 Å². The number of piperazine rings is 1. The monoisotopic (exact) mass is 564 g/mol. The van der Waals surface area contributed by atoms with Crippen molar-refractivity contribution in [1.29, 1.82) is 0 Å². The average molecular weight is 565 g/mol. The van der Waals surface area contributed by atoms with E-state index in [-0.39, 0.29) is 11.7 Å². The first-order valence-electron chi connectivity index (χ1n) is 14.1. The van der Waals surface area contributed by atoms with Gasteiger partial charge in [0.05, 0.1) is 18.5 Å². The summed E-state index contributed by atoms with van der Waals surface area (Å²) in [7, 11) is 1.61. The standard InChI is InChI=1S/C32H38ClFN4O2/c1-40-31-9-5-3-7-28(31)35-32(39)15-12-25-23-36(22-24-10-13-26(33)14-11-24)17-16-29(25)37-18-20-38(21-19-37)30-8-4-2-6-27(30)34/h2-11,13-14,25,29H,12,15-23H2,1H3,(H,35,39)/t25-,29+/m0/s1. The van der Waals surface area contributed by atoms with E-state index in [0.717, 1.165) is 63.7 Å². The number of para-hydroxylation sites is 3. The zero-order valence-electron chi connectivity index (χ0n) is 23.1. The Bertz CT molecular complexity index is 1270. The van der Waals surface area contributed by atoms with E-state index in [1.807, 2.05) is 48.5 Å². The third kappa shape index (κ3) is 7.14. The highest BCUT2D eigenvalue weighted by Gasteiger charge is 2.35. The summed E-state index contributed by atoms with van der Waals surface area (Å²) in [6.45, 7) is 6.18. The van der Waals surface area contributed by atoms with E-state index >= 15 is 0 Å². The Morgan fingerprint density at radius 1 is 0.975 bits per heavy atom. The molecule has 6 nitrogen and oxygen atoms in total. The number of methoxy groups -OCH3 is 1. The van der Waals surface area contributed by atoms with Crippen molar-refractivity contribution in [3.8, 4) is 5.75 Å². The molecule has 2 aliphatic rings. The van der Waals surface area contributed by atoms with E-state index in [1.54, 1.807) is 13.2 Å². The van der Waals surface area contributed by atoms with Crippen LogP contribution in [-0.4, -0.2) is 68.1 Å². The normalized spacial score (nSPS) is 20.3. The molecule has 0 unspecified atom stereocenters. The summed E-state index contributed by atoms with van der Waals surface area (Å²) in [6, 6.07) is 23.0. The second kappa shape index (κ2) is 13.5. The van der Waals surface area contributed by atoms with Gasteiger partial charge in [0, 0.05) is 56.8 Å². The zero-order chi connectivity index (χ0) is 27.9. The molecular weight excluding hydrogens is 527 g/mol. The number of nitrogens with zero attached hydrogens (tertiary/aromatic N) is 3. The number of ether oxygens (including phenoxy) is 1. The molecule has 0 aromatic heterocycles. The number of benzene rings is 3. The maximum absolute atomic E-state index is 14.4. The van der Waals surface area contributed by atoms with Crippen LogP contribution in [0, 0.1) is 11.7 Å². The van der Waals surface area contributed by atoms with Crippen molar-refractivity contribution in [2.24, 2.45) is 5.92 Å². The topological polar surface area (TPSA) is 48.1 Å². The Morgan fingerprint density at radius 3 is 2.45 bits per heavy atom. The second-order valence-corrected chi connectivity index (χ2v) is 11.2. The van der Waals surface area contributed by atoms with Gasteiger partial charge in [-0.25, -0.2) is 4.39 Å². The van der Waals surface area contributed by atoms with Gasteiger partial charge in [-0.1, -0.05) is 48.0 Å². The van der Waals surface area contributed by atoms with Gasteiger partial charge in [-0.3, -0.25) is 14.6 Å². The lowest BCUT2D eigenvalue weighted by Crippen LogP contribution is -2.56. The Morgan fingerprint density at radius 2 is 1.70 bits per heavy atom. The van der Waals surface area contributed by atoms with E-state index in [2.05, 4.69) is 32.1 Å². The highest BCUT2D eigenvalue weighted by atomic mass is 35.5. The highest BCUT2D eigenvalue weighted by molar-refractivity contribution is 6.30. The molecule has 40 heavy (non-hydrogen) atoms. The lowest BCUT2D eigenvalue weighted by Gasteiger charge is -2.47. The predicted molar refractivity (Wildman–Crippen MR) is 160 cm³/mol. The lowest BCUT2D eigenvalue weighted by molar-refractivity contribution is -0.116. The molecule has 2 atom stereocenters. The van der Waals surface area contributed by atoms with Gasteiger partial charge in [0.25, 0.3) is 0 Å². The van der Waals surface area contributed by atoms with Crippen LogP contribution in [0.3, 0.4) is 0 Å². The van der Waals surface area contributed by atoms with Gasteiger partial charge in [0.1, 0.15) is 11.6 Å². The van der Waals surface area contributed by atoms with Crippen molar-refractivity contribution >= 4 is 28.9 Å². The first-order chi connectivity index (χ1) is 19.5. The molecule has 1 N–H and O–H groups in total. The molecule has 3 aromatic carbocycles. The molecule has 1 amide bonds. The number of anilines is 2. The van der Waals surface area contributed by atoms with Crippen molar-refractivity contribution < 1.29 is 13.9 Å². The summed E-state index contributed by atoms with van der Waals surface area (Å²) in [5, 5.41) is 3.78. The quantitative estimate of drug-likeness (QED) is 0.350. The van der Waals surface area contributed by atoms with Gasteiger partial charge in [-0.05, 0) is 67.3 Å². The van der Waals surface area contributed by atoms with Gasteiger partial charge >= 0.3 is 0 Å². The molecule has 2 fully saturated rings. The van der Waals surface area contributed by atoms with Crippen LogP contribution >= 0.6 is 11.6 Å². The van der Waals surface area contributed by atoms with Gasteiger partial charge in [-0.2, -0.15) is 0 Å². The van der Waals surface area contributed by atoms with Gasteiger partial charge < -0.3 is 15.0 Å². The molecule has 5 rings (SSSR count). The summed E-state index contributed by atoms with van der Waals surface area (Å²) in [6.07, 6.45) is 2.30. The minimum Gasteiger partial charge on any atom is -0.495 e. The van der Waals surface area contributed by atoms with E-state index in [9.17, 15) is 9.18 Å². The average Bonchev–Trinajstić information content (AvgIpc) is 2.98. The number of carbonyl (C=O) groups is 1. The maximum Gasteiger partial charge on any atom is 0.224 e. The van der Waals surface area contributed by atoms with Crippen molar-refractivity contribution in [3.05, 3.63) is 89.2 Å². The smallest absolute Gasteiger partial charge is 0.224 e. The first-order valence-corrected chi connectivity index (χ1v) is 14.5. The molecule has 212 valence electrons. The number of piperidine rings is 1. The van der Waals surface area contributed by atoms with E-state index < -0.39 is 0 Å². The fraction of sp³-hybridized carbons (Fsp3) is 0.406. The number of likely N-dealkylation sites (tertiary alicyclic amines) is 1. The molecule has 0 radical (unpaired) electrons. The fourth-order valence-electron chi connectivity index (χ4n) is 6.13. The summed E-state index contributed by atoms with van der Waals surface area (Å²) in [5.74, 6) is 0.852. The van der Waals surface area contributed by atoms with Crippen LogP contribution in [0.5, 0.6) is 5.75 Å². The number of carbonyl (C=O) groups excluding carboxylic acids is 1. The minimum absolute atomic E-state index is 0.00227. The molecule has 8 heteroatoms. The third-order valence-electron chi connectivity index (χ3n) is 8.20. The summed E-state index contributed by atoms with van der Waals surface area (Å²) in [5.41, 5.74) is 2.63. The third-order valence-corrected chi connectivity index (χ3v) is 8.45. The number of nitrogens with one attached hydrogen (secondary N) is 1.